The number of rotatable bonds is 4. The lowest BCUT2D eigenvalue weighted by Crippen LogP contribution is -2.51. The molecule has 1 heterocycles. The molecule has 0 radical (unpaired) electrons. The molecule has 0 bridgehead atoms. The van der Waals surface area contributed by atoms with Crippen LogP contribution in [0.2, 0.25) is 0 Å². The van der Waals surface area contributed by atoms with Crippen LogP contribution in [0.1, 0.15) is 34.6 Å². The molecule has 1 saturated heterocycles. The Balaban J connectivity index is 2.84. The van der Waals surface area contributed by atoms with Gasteiger partial charge in [0.2, 0.25) is 0 Å². The molecule has 0 aromatic carbocycles. The summed E-state index contributed by atoms with van der Waals surface area (Å²) < 4.78 is 16.2. The van der Waals surface area contributed by atoms with Crippen LogP contribution in [0.4, 0.5) is 0 Å². The molecular formula is C14H22O6S. The molecule has 0 spiro atoms. The van der Waals surface area contributed by atoms with E-state index in [0.29, 0.717) is 0 Å². The number of hydrogen-bond acceptors (Lipinski definition) is 7. The van der Waals surface area contributed by atoms with Gasteiger partial charge in [-0.1, -0.05) is 25.6 Å². The first-order valence-electron chi connectivity index (χ1n) is 6.85. The number of esters is 2. The average molecular weight is 318 g/mol. The van der Waals surface area contributed by atoms with Gasteiger partial charge in [0.1, 0.15) is 18.1 Å². The summed E-state index contributed by atoms with van der Waals surface area (Å²) in [5.41, 5.74) is -0.585. The Bertz CT molecular complexity index is 408. The summed E-state index contributed by atoms with van der Waals surface area (Å²) in [6.45, 7) is 8.11. The fourth-order valence-electron chi connectivity index (χ4n) is 2.26. The molecule has 5 atom stereocenters. The topological polar surface area (TPSA) is 78.9 Å². The summed E-state index contributed by atoms with van der Waals surface area (Å²) in [5, 5.41) is -0.120. The van der Waals surface area contributed by atoms with Crippen molar-refractivity contribution in [2.45, 2.75) is 52.3 Å². The molecule has 0 amide bonds. The predicted octanol–water partition coefficient (Wildman–Crippen LogP) is 1.76. The quantitative estimate of drug-likeness (QED) is 0.731. The maximum atomic E-state index is 11.4. The normalized spacial score (nSPS) is 32.3. The van der Waals surface area contributed by atoms with Crippen LogP contribution in [0.3, 0.4) is 0 Å². The lowest BCUT2D eigenvalue weighted by molar-refractivity contribution is -0.185. The zero-order valence-electron chi connectivity index (χ0n) is 13.0. The van der Waals surface area contributed by atoms with Crippen LogP contribution in [0.25, 0.3) is 0 Å². The summed E-state index contributed by atoms with van der Waals surface area (Å²) >= 11 is 0.990. The maximum Gasteiger partial charge on any atom is 0.303 e. The Kier molecular flexibility index (Phi) is 6.67. The van der Waals surface area contributed by atoms with Crippen LogP contribution in [-0.4, -0.2) is 41.3 Å². The van der Waals surface area contributed by atoms with Gasteiger partial charge < -0.3 is 14.2 Å². The van der Waals surface area contributed by atoms with E-state index in [1.165, 1.54) is 20.8 Å². The van der Waals surface area contributed by atoms with E-state index in [0.717, 1.165) is 11.8 Å². The third kappa shape index (κ3) is 5.32. The molecule has 5 unspecified atom stereocenters. The summed E-state index contributed by atoms with van der Waals surface area (Å²) in [4.78, 5) is 33.5. The molecule has 0 saturated carbocycles. The van der Waals surface area contributed by atoms with Crippen molar-refractivity contribution < 1.29 is 28.6 Å². The number of carbonyl (C=O) groups is 3. The molecule has 1 aliphatic rings. The van der Waals surface area contributed by atoms with Gasteiger partial charge in [-0.05, 0) is 5.92 Å². The minimum absolute atomic E-state index is 0.0138. The van der Waals surface area contributed by atoms with Gasteiger partial charge in [-0.2, -0.15) is 0 Å². The smallest absolute Gasteiger partial charge is 0.303 e. The van der Waals surface area contributed by atoms with Crippen molar-refractivity contribution in [3.8, 4) is 0 Å². The first kappa shape index (κ1) is 18.0. The Morgan fingerprint density at radius 1 is 1.05 bits per heavy atom. The first-order chi connectivity index (χ1) is 9.72. The fourth-order valence-corrected chi connectivity index (χ4v) is 3.23. The lowest BCUT2D eigenvalue weighted by Gasteiger charge is -2.43. The molecule has 1 fully saturated rings. The summed E-state index contributed by atoms with van der Waals surface area (Å²) in [7, 11) is 0. The second-order valence-corrected chi connectivity index (χ2v) is 6.52. The predicted molar refractivity (Wildman–Crippen MR) is 77.4 cm³/mol. The zero-order valence-corrected chi connectivity index (χ0v) is 13.8. The van der Waals surface area contributed by atoms with E-state index < -0.39 is 17.5 Å². The molecule has 7 heteroatoms. The summed E-state index contributed by atoms with van der Waals surface area (Å²) in [6.07, 6.45) is -0.826. The van der Waals surface area contributed by atoms with Crippen LogP contribution >= 0.6 is 11.8 Å². The van der Waals surface area contributed by atoms with Crippen molar-refractivity contribution in [2.24, 2.45) is 11.8 Å². The SMILES string of the molecule is CC(=O)OCC1OC(SC(C)=O)C(OC(C)=O)C(C)C1C. The van der Waals surface area contributed by atoms with Crippen molar-refractivity contribution in [1.82, 2.24) is 0 Å². The van der Waals surface area contributed by atoms with Gasteiger partial charge in [0.05, 0.1) is 6.10 Å². The van der Waals surface area contributed by atoms with Crippen LogP contribution in [-0.2, 0) is 28.6 Å². The van der Waals surface area contributed by atoms with Crippen molar-refractivity contribution in [3.63, 3.8) is 0 Å². The molecule has 120 valence electrons. The first-order valence-corrected chi connectivity index (χ1v) is 7.73. The van der Waals surface area contributed by atoms with Gasteiger partial charge in [-0.15, -0.1) is 0 Å². The van der Waals surface area contributed by atoms with Gasteiger partial charge in [0.25, 0.3) is 0 Å². The van der Waals surface area contributed by atoms with E-state index in [2.05, 4.69) is 0 Å². The third-order valence-corrected chi connectivity index (χ3v) is 4.49. The molecule has 0 aromatic heterocycles. The van der Waals surface area contributed by atoms with Crippen molar-refractivity contribution in [2.75, 3.05) is 6.61 Å². The minimum atomic E-state index is -0.585. The van der Waals surface area contributed by atoms with Gasteiger partial charge in [-0.25, -0.2) is 0 Å². The van der Waals surface area contributed by atoms with Gasteiger partial charge in [0, 0.05) is 26.7 Å². The molecule has 0 aromatic rings. The van der Waals surface area contributed by atoms with Gasteiger partial charge in [0.15, 0.2) is 5.12 Å². The van der Waals surface area contributed by atoms with E-state index >= 15 is 0 Å². The highest BCUT2D eigenvalue weighted by molar-refractivity contribution is 8.14. The number of hydrogen-bond donors (Lipinski definition) is 0. The molecule has 21 heavy (non-hydrogen) atoms. The molecule has 6 nitrogen and oxygen atoms in total. The molecular weight excluding hydrogens is 296 g/mol. The number of ether oxygens (including phenoxy) is 3. The van der Waals surface area contributed by atoms with E-state index in [-0.39, 0.29) is 35.6 Å². The largest absolute Gasteiger partial charge is 0.463 e. The maximum absolute atomic E-state index is 11.4. The number of carbonyl (C=O) groups excluding carboxylic acids is 3. The monoisotopic (exact) mass is 318 g/mol. The van der Waals surface area contributed by atoms with Gasteiger partial charge >= 0.3 is 11.9 Å². The summed E-state index contributed by atoms with van der Waals surface area (Å²) in [6, 6.07) is 0. The van der Waals surface area contributed by atoms with Gasteiger partial charge in [-0.3, -0.25) is 14.4 Å². The lowest BCUT2D eigenvalue weighted by atomic mass is 9.84. The highest BCUT2D eigenvalue weighted by atomic mass is 32.2. The molecule has 1 rings (SSSR count). The molecule has 0 aliphatic carbocycles. The van der Waals surface area contributed by atoms with Crippen molar-refractivity contribution >= 4 is 28.8 Å². The van der Waals surface area contributed by atoms with E-state index in [1.807, 2.05) is 13.8 Å². The van der Waals surface area contributed by atoms with Crippen LogP contribution in [0, 0.1) is 11.8 Å². The van der Waals surface area contributed by atoms with Crippen LogP contribution < -0.4 is 0 Å². The zero-order chi connectivity index (χ0) is 16.2. The fraction of sp³-hybridized carbons (Fsp3) is 0.786. The standard InChI is InChI=1S/C14H22O6S/c1-7-8(2)13(19-10(4)16)14(21-11(5)17)20-12(7)6-18-9(3)15/h7-8,12-14H,6H2,1-5H3. The summed E-state index contributed by atoms with van der Waals surface area (Å²) in [5.74, 6) is -0.774. The average Bonchev–Trinajstić information content (AvgIpc) is 2.35. The van der Waals surface area contributed by atoms with E-state index in [9.17, 15) is 14.4 Å². The van der Waals surface area contributed by atoms with Crippen molar-refractivity contribution in [3.05, 3.63) is 0 Å². The minimum Gasteiger partial charge on any atom is -0.463 e. The van der Waals surface area contributed by atoms with Crippen LogP contribution in [0.15, 0.2) is 0 Å². The second kappa shape index (κ2) is 7.79. The van der Waals surface area contributed by atoms with E-state index in [4.69, 9.17) is 14.2 Å². The highest BCUT2D eigenvalue weighted by Gasteiger charge is 2.44. The highest BCUT2D eigenvalue weighted by Crippen LogP contribution is 2.37. The Labute approximate surface area is 128 Å². The Morgan fingerprint density at radius 2 is 1.67 bits per heavy atom. The third-order valence-electron chi connectivity index (χ3n) is 3.55. The number of thioether (sulfide) groups is 1. The molecule has 0 N–H and O–H groups in total. The Morgan fingerprint density at radius 3 is 2.14 bits per heavy atom. The van der Waals surface area contributed by atoms with Crippen LogP contribution in [0.5, 0.6) is 0 Å². The second-order valence-electron chi connectivity index (χ2n) is 5.25. The molecule has 1 aliphatic heterocycles. The Hall–Kier alpha value is -1.08. The van der Waals surface area contributed by atoms with E-state index in [1.54, 1.807) is 0 Å². The van der Waals surface area contributed by atoms with Crippen molar-refractivity contribution in [1.29, 1.82) is 0 Å².